The number of nitrogens with zero attached hydrogens (tertiary/aromatic N) is 1. The Balaban J connectivity index is 3.17. The third kappa shape index (κ3) is 17.1. The van der Waals surface area contributed by atoms with E-state index in [9.17, 15) is 9.59 Å². The first-order valence-corrected chi connectivity index (χ1v) is 9.47. The van der Waals surface area contributed by atoms with Crippen LogP contribution in [0.15, 0.2) is 12.2 Å². The molecule has 0 aliphatic heterocycles. The maximum absolute atomic E-state index is 11.4. The summed E-state index contributed by atoms with van der Waals surface area (Å²) in [4.78, 5) is 23.2. The molecule has 134 valence electrons. The van der Waals surface area contributed by atoms with Gasteiger partial charge in [0.1, 0.15) is 6.29 Å². The summed E-state index contributed by atoms with van der Waals surface area (Å²) < 4.78 is 0. The summed E-state index contributed by atoms with van der Waals surface area (Å²) in [5.41, 5.74) is 0. The molecule has 0 atom stereocenters. The molecular weight excluding hydrogens is 286 g/mol. The standard InChI is InChI=1S/C20H37NO2/c1-21(2)20(23)18-16-14-12-10-8-6-4-3-5-7-9-11-13-15-17-19-22/h3-4,19H,5-18H2,1-2H3/b4-3+. The Morgan fingerprint density at radius 3 is 1.61 bits per heavy atom. The molecule has 0 aromatic carbocycles. The first-order valence-electron chi connectivity index (χ1n) is 9.47. The number of hydrogen-bond donors (Lipinski definition) is 0. The third-order valence-electron chi connectivity index (χ3n) is 4.12. The van der Waals surface area contributed by atoms with Crippen LogP contribution in [0.5, 0.6) is 0 Å². The Morgan fingerprint density at radius 2 is 1.13 bits per heavy atom. The van der Waals surface area contributed by atoms with Crippen LogP contribution < -0.4 is 0 Å². The molecule has 0 saturated heterocycles. The Labute approximate surface area is 143 Å². The number of carbonyl (C=O) groups is 2. The van der Waals surface area contributed by atoms with Gasteiger partial charge in [0.2, 0.25) is 5.91 Å². The van der Waals surface area contributed by atoms with Crippen LogP contribution in [0.4, 0.5) is 0 Å². The van der Waals surface area contributed by atoms with E-state index in [1.54, 1.807) is 4.90 Å². The van der Waals surface area contributed by atoms with Gasteiger partial charge >= 0.3 is 0 Å². The van der Waals surface area contributed by atoms with Crippen LogP contribution in [-0.2, 0) is 9.59 Å². The van der Waals surface area contributed by atoms with Crippen molar-refractivity contribution < 1.29 is 9.59 Å². The number of carbonyl (C=O) groups excluding carboxylic acids is 2. The van der Waals surface area contributed by atoms with E-state index >= 15 is 0 Å². The number of allylic oxidation sites excluding steroid dienone is 2. The minimum Gasteiger partial charge on any atom is -0.349 e. The fourth-order valence-corrected chi connectivity index (χ4v) is 2.55. The van der Waals surface area contributed by atoms with Crippen LogP contribution in [0.25, 0.3) is 0 Å². The normalized spacial score (nSPS) is 11.0. The summed E-state index contributed by atoms with van der Waals surface area (Å²) in [6.07, 6.45) is 21.5. The lowest BCUT2D eigenvalue weighted by Crippen LogP contribution is -2.20. The summed E-state index contributed by atoms with van der Waals surface area (Å²) in [7, 11) is 3.64. The summed E-state index contributed by atoms with van der Waals surface area (Å²) in [5, 5.41) is 0. The molecule has 0 aliphatic carbocycles. The van der Waals surface area contributed by atoms with Gasteiger partial charge in [-0.25, -0.2) is 0 Å². The maximum atomic E-state index is 11.4. The number of hydrogen-bond acceptors (Lipinski definition) is 2. The molecule has 0 rings (SSSR count). The SMILES string of the molecule is CN(C)C(=O)CCCCCCC/C=C/CCCCCCCC=O. The van der Waals surface area contributed by atoms with E-state index in [1.807, 2.05) is 14.1 Å². The highest BCUT2D eigenvalue weighted by Crippen LogP contribution is 2.10. The Morgan fingerprint density at radius 1 is 0.696 bits per heavy atom. The molecule has 1 amide bonds. The van der Waals surface area contributed by atoms with Gasteiger partial charge in [0.15, 0.2) is 0 Å². The predicted molar refractivity (Wildman–Crippen MR) is 98.5 cm³/mol. The number of rotatable bonds is 16. The molecule has 0 spiro atoms. The van der Waals surface area contributed by atoms with Gasteiger partial charge in [0.05, 0.1) is 0 Å². The monoisotopic (exact) mass is 323 g/mol. The second kappa shape index (κ2) is 17.2. The van der Waals surface area contributed by atoms with E-state index in [0.717, 1.165) is 25.5 Å². The highest BCUT2D eigenvalue weighted by Gasteiger charge is 2.02. The van der Waals surface area contributed by atoms with Crippen LogP contribution in [-0.4, -0.2) is 31.2 Å². The van der Waals surface area contributed by atoms with Gasteiger partial charge in [-0.2, -0.15) is 0 Å². The van der Waals surface area contributed by atoms with Crippen molar-refractivity contribution in [3.8, 4) is 0 Å². The average molecular weight is 324 g/mol. The van der Waals surface area contributed by atoms with Crippen molar-refractivity contribution in [2.75, 3.05) is 14.1 Å². The van der Waals surface area contributed by atoms with Crippen LogP contribution >= 0.6 is 0 Å². The van der Waals surface area contributed by atoms with Crippen LogP contribution in [0, 0.1) is 0 Å². The van der Waals surface area contributed by atoms with Crippen molar-refractivity contribution in [3.63, 3.8) is 0 Å². The highest BCUT2D eigenvalue weighted by atomic mass is 16.2. The van der Waals surface area contributed by atoms with Gasteiger partial charge < -0.3 is 9.69 Å². The lowest BCUT2D eigenvalue weighted by Gasteiger charge is -2.09. The Hall–Kier alpha value is -1.12. The molecule has 0 saturated carbocycles. The Bertz CT molecular complexity index is 311. The van der Waals surface area contributed by atoms with E-state index in [2.05, 4.69) is 12.2 Å². The molecular formula is C20H37NO2. The molecule has 0 aromatic heterocycles. The van der Waals surface area contributed by atoms with Crippen molar-refractivity contribution in [1.82, 2.24) is 4.90 Å². The van der Waals surface area contributed by atoms with Crippen molar-refractivity contribution in [3.05, 3.63) is 12.2 Å². The minimum absolute atomic E-state index is 0.247. The van der Waals surface area contributed by atoms with Crippen LogP contribution in [0.3, 0.4) is 0 Å². The fraction of sp³-hybridized carbons (Fsp3) is 0.800. The van der Waals surface area contributed by atoms with Gasteiger partial charge in [-0.3, -0.25) is 4.79 Å². The van der Waals surface area contributed by atoms with Gasteiger partial charge in [-0.15, -0.1) is 0 Å². The molecule has 0 aliphatic rings. The molecule has 3 heteroatoms. The molecule has 3 nitrogen and oxygen atoms in total. The van der Waals surface area contributed by atoms with Gasteiger partial charge in [0.25, 0.3) is 0 Å². The zero-order chi connectivity index (χ0) is 17.2. The number of aldehydes is 1. The van der Waals surface area contributed by atoms with Crippen molar-refractivity contribution in [2.24, 2.45) is 0 Å². The second-order valence-corrected chi connectivity index (χ2v) is 6.58. The highest BCUT2D eigenvalue weighted by molar-refractivity contribution is 5.75. The van der Waals surface area contributed by atoms with Gasteiger partial charge in [-0.05, 0) is 38.5 Å². The number of unbranched alkanes of at least 4 members (excludes halogenated alkanes) is 11. The predicted octanol–water partition coefficient (Wildman–Crippen LogP) is 5.29. The van der Waals surface area contributed by atoms with E-state index in [0.29, 0.717) is 6.42 Å². The van der Waals surface area contributed by atoms with E-state index < -0.39 is 0 Å². The largest absolute Gasteiger partial charge is 0.349 e. The molecule has 0 heterocycles. The summed E-state index contributed by atoms with van der Waals surface area (Å²) in [6.45, 7) is 0. The molecule has 0 unspecified atom stereocenters. The smallest absolute Gasteiger partial charge is 0.222 e. The van der Waals surface area contributed by atoms with Gasteiger partial charge in [0, 0.05) is 26.9 Å². The number of amides is 1. The topological polar surface area (TPSA) is 37.4 Å². The lowest BCUT2D eigenvalue weighted by atomic mass is 10.1. The minimum atomic E-state index is 0.247. The average Bonchev–Trinajstić information content (AvgIpc) is 2.54. The quantitative estimate of drug-likeness (QED) is 0.220. The molecule has 23 heavy (non-hydrogen) atoms. The third-order valence-corrected chi connectivity index (χ3v) is 4.12. The second-order valence-electron chi connectivity index (χ2n) is 6.58. The zero-order valence-corrected chi connectivity index (χ0v) is 15.4. The molecule has 0 N–H and O–H groups in total. The maximum Gasteiger partial charge on any atom is 0.222 e. The summed E-state index contributed by atoms with van der Waals surface area (Å²) >= 11 is 0. The van der Waals surface area contributed by atoms with Gasteiger partial charge in [-0.1, -0.05) is 50.7 Å². The fourth-order valence-electron chi connectivity index (χ4n) is 2.55. The van der Waals surface area contributed by atoms with E-state index in [-0.39, 0.29) is 5.91 Å². The zero-order valence-electron chi connectivity index (χ0n) is 15.4. The van der Waals surface area contributed by atoms with Crippen LogP contribution in [0.1, 0.15) is 89.9 Å². The molecule has 0 aromatic rings. The molecule has 0 bridgehead atoms. The van der Waals surface area contributed by atoms with E-state index in [1.165, 1.54) is 64.2 Å². The van der Waals surface area contributed by atoms with Crippen molar-refractivity contribution in [1.29, 1.82) is 0 Å². The van der Waals surface area contributed by atoms with Crippen LogP contribution in [0.2, 0.25) is 0 Å². The first kappa shape index (κ1) is 21.9. The summed E-state index contributed by atoms with van der Waals surface area (Å²) in [5.74, 6) is 0.247. The van der Waals surface area contributed by atoms with Crippen molar-refractivity contribution >= 4 is 12.2 Å². The Kier molecular flexibility index (Phi) is 16.4. The van der Waals surface area contributed by atoms with Crippen molar-refractivity contribution in [2.45, 2.75) is 89.9 Å². The lowest BCUT2D eigenvalue weighted by molar-refractivity contribution is -0.128. The molecule has 0 fully saturated rings. The van der Waals surface area contributed by atoms with E-state index in [4.69, 9.17) is 0 Å². The first-order chi connectivity index (χ1) is 11.2. The molecule has 0 radical (unpaired) electrons. The summed E-state index contributed by atoms with van der Waals surface area (Å²) in [6, 6.07) is 0.